The Kier molecular flexibility index (Phi) is 4.01. The van der Waals surface area contributed by atoms with Crippen molar-refractivity contribution in [3.8, 4) is 28.9 Å². The van der Waals surface area contributed by atoms with Gasteiger partial charge in [-0.3, -0.25) is 10.1 Å². The first-order chi connectivity index (χ1) is 12.0. The summed E-state index contributed by atoms with van der Waals surface area (Å²) in [5.41, 5.74) is -0.594. The van der Waals surface area contributed by atoms with Gasteiger partial charge in [-0.15, -0.1) is 0 Å². The maximum absolute atomic E-state index is 12.3. The number of ether oxygens (including phenoxy) is 3. The van der Waals surface area contributed by atoms with Crippen LogP contribution < -0.4 is 19.8 Å². The van der Waals surface area contributed by atoms with Crippen molar-refractivity contribution >= 4 is 16.8 Å². The van der Waals surface area contributed by atoms with Crippen LogP contribution in [0.2, 0.25) is 0 Å². The van der Waals surface area contributed by atoms with Crippen LogP contribution in [0.4, 0.5) is 5.88 Å². The summed E-state index contributed by atoms with van der Waals surface area (Å²) in [6.45, 7) is 0. The molecule has 0 saturated heterocycles. The number of aromatic nitrogens is 1. The van der Waals surface area contributed by atoms with Crippen LogP contribution in [-0.4, -0.2) is 31.2 Å². The van der Waals surface area contributed by atoms with Gasteiger partial charge in [-0.25, -0.2) is 9.78 Å². The molecule has 0 saturated carbocycles. The average Bonchev–Trinajstić information content (AvgIpc) is 3.10. The molecule has 0 N–H and O–H groups in total. The largest absolute Gasteiger partial charge is 0.493 e. The molecular weight excluding hydrogens is 336 g/mol. The normalized spacial score (nSPS) is 10.7. The molecule has 130 valence electrons. The summed E-state index contributed by atoms with van der Waals surface area (Å²) < 4.78 is 25.9. The molecule has 0 aliphatic heterocycles. The van der Waals surface area contributed by atoms with Crippen molar-refractivity contribution in [1.82, 2.24) is 4.98 Å². The van der Waals surface area contributed by atoms with Gasteiger partial charge in [-0.05, 0) is 6.07 Å². The van der Waals surface area contributed by atoms with Gasteiger partial charge in [0.25, 0.3) is 5.89 Å². The highest BCUT2D eigenvalue weighted by Gasteiger charge is 2.23. The molecule has 10 nitrogen and oxygen atoms in total. The van der Waals surface area contributed by atoms with Crippen molar-refractivity contribution < 1.29 is 28.0 Å². The van der Waals surface area contributed by atoms with Crippen LogP contribution in [-0.2, 0) is 0 Å². The molecule has 0 aliphatic rings. The topological polar surface area (TPSA) is 127 Å². The molecule has 2 heterocycles. The summed E-state index contributed by atoms with van der Waals surface area (Å²) in [5.74, 6) is -0.126. The number of hydrogen-bond acceptors (Lipinski definition) is 9. The number of fused-ring (bicyclic) bond motifs is 1. The molecular formula is C15H12N2O8. The zero-order valence-corrected chi connectivity index (χ0v) is 13.4. The molecule has 0 radical (unpaired) electrons. The molecule has 3 aromatic rings. The molecule has 2 aromatic heterocycles. The molecule has 25 heavy (non-hydrogen) atoms. The van der Waals surface area contributed by atoms with E-state index in [0.29, 0.717) is 0 Å². The lowest BCUT2D eigenvalue weighted by Crippen LogP contribution is -2.06. The summed E-state index contributed by atoms with van der Waals surface area (Å²) in [6.07, 6.45) is 0. The van der Waals surface area contributed by atoms with Crippen molar-refractivity contribution in [3.05, 3.63) is 38.7 Å². The lowest BCUT2D eigenvalue weighted by molar-refractivity contribution is -0.401. The molecule has 10 heteroatoms. The standard InChI is InChI=1S/C15H12N2O8/c1-21-9-6-7-11(13(23-3)12(9)22-2)16-14(25-15(7)18)8-4-5-10(24-8)17(19)20/h4-6H,1-3H3. The molecule has 0 unspecified atom stereocenters. The van der Waals surface area contributed by atoms with Gasteiger partial charge in [0.2, 0.25) is 5.75 Å². The first kappa shape index (κ1) is 16.3. The summed E-state index contributed by atoms with van der Waals surface area (Å²) in [7, 11) is 4.20. The molecule has 0 bridgehead atoms. The molecule has 0 amide bonds. The second kappa shape index (κ2) is 6.15. The maximum Gasteiger partial charge on any atom is 0.433 e. The Morgan fingerprint density at radius 3 is 2.36 bits per heavy atom. The maximum atomic E-state index is 12.3. The quantitative estimate of drug-likeness (QED) is 0.504. The highest BCUT2D eigenvalue weighted by atomic mass is 16.6. The average molecular weight is 348 g/mol. The fourth-order valence-corrected chi connectivity index (χ4v) is 2.32. The molecule has 0 fully saturated rings. The van der Waals surface area contributed by atoms with E-state index >= 15 is 0 Å². The van der Waals surface area contributed by atoms with Crippen LogP contribution in [0.1, 0.15) is 0 Å². The van der Waals surface area contributed by atoms with E-state index in [2.05, 4.69) is 4.98 Å². The van der Waals surface area contributed by atoms with E-state index in [1.54, 1.807) is 0 Å². The Hall–Kier alpha value is -3.56. The van der Waals surface area contributed by atoms with Crippen molar-refractivity contribution in [2.75, 3.05) is 21.3 Å². The van der Waals surface area contributed by atoms with E-state index in [9.17, 15) is 14.9 Å². The van der Waals surface area contributed by atoms with Crippen molar-refractivity contribution in [3.63, 3.8) is 0 Å². The van der Waals surface area contributed by atoms with E-state index in [1.807, 2.05) is 0 Å². The first-order valence-corrected chi connectivity index (χ1v) is 6.88. The van der Waals surface area contributed by atoms with Crippen LogP contribution in [0, 0.1) is 10.1 Å². The number of rotatable bonds is 5. The highest BCUT2D eigenvalue weighted by molar-refractivity contribution is 5.89. The lowest BCUT2D eigenvalue weighted by Gasteiger charge is -2.13. The van der Waals surface area contributed by atoms with E-state index < -0.39 is 16.4 Å². The van der Waals surface area contributed by atoms with E-state index in [-0.39, 0.29) is 39.8 Å². The fraction of sp³-hybridized carbons (Fsp3) is 0.200. The Labute approximate surface area is 139 Å². The summed E-state index contributed by atoms with van der Waals surface area (Å²) >= 11 is 0. The highest BCUT2D eigenvalue weighted by Crippen LogP contribution is 2.42. The lowest BCUT2D eigenvalue weighted by atomic mass is 10.2. The summed E-state index contributed by atoms with van der Waals surface area (Å²) in [5, 5.41) is 10.8. The number of hydrogen-bond donors (Lipinski definition) is 0. The van der Waals surface area contributed by atoms with E-state index in [0.717, 1.165) is 6.07 Å². The zero-order valence-electron chi connectivity index (χ0n) is 13.4. The Morgan fingerprint density at radius 1 is 1.08 bits per heavy atom. The Bertz CT molecular complexity index is 1020. The van der Waals surface area contributed by atoms with Gasteiger partial charge in [0.15, 0.2) is 17.3 Å². The van der Waals surface area contributed by atoms with Gasteiger partial charge < -0.3 is 23.0 Å². The predicted molar refractivity (Wildman–Crippen MR) is 84.3 cm³/mol. The first-order valence-electron chi connectivity index (χ1n) is 6.88. The number of benzene rings is 1. The summed E-state index contributed by atoms with van der Waals surface area (Å²) in [4.78, 5) is 26.5. The second-order valence-electron chi connectivity index (χ2n) is 4.74. The minimum absolute atomic E-state index is 0.0671. The number of nitro groups is 1. The third-order valence-electron chi connectivity index (χ3n) is 3.41. The van der Waals surface area contributed by atoms with Crippen LogP contribution in [0.3, 0.4) is 0 Å². The zero-order chi connectivity index (χ0) is 18.1. The van der Waals surface area contributed by atoms with Crippen LogP contribution in [0.15, 0.2) is 31.8 Å². The van der Waals surface area contributed by atoms with Gasteiger partial charge in [0.05, 0.1) is 32.8 Å². The van der Waals surface area contributed by atoms with Crippen molar-refractivity contribution in [2.45, 2.75) is 0 Å². The number of nitrogens with zero attached hydrogens (tertiary/aromatic N) is 2. The van der Waals surface area contributed by atoms with Crippen molar-refractivity contribution in [1.29, 1.82) is 0 Å². The third kappa shape index (κ3) is 2.63. The second-order valence-corrected chi connectivity index (χ2v) is 4.74. The monoisotopic (exact) mass is 348 g/mol. The Morgan fingerprint density at radius 2 is 1.80 bits per heavy atom. The van der Waals surface area contributed by atoms with Gasteiger partial charge in [0, 0.05) is 6.07 Å². The Balaban J connectivity index is 2.30. The van der Waals surface area contributed by atoms with E-state index in [1.165, 1.54) is 33.5 Å². The van der Waals surface area contributed by atoms with Gasteiger partial charge in [-0.1, -0.05) is 0 Å². The van der Waals surface area contributed by atoms with Crippen LogP contribution >= 0.6 is 0 Å². The van der Waals surface area contributed by atoms with E-state index in [4.69, 9.17) is 23.0 Å². The molecule has 0 spiro atoms. The molecule has 1 aromatic carbocycles. The number of methoxy groups -OCH3 is 3. The van der Waals surface area contributed by atoms with Crippen LogP contribution in [0.25, 0.3) is 22.6 Å². The van der Waals surface area contributed by atoms with Gasteiger partial charge >= 0.3 is 11.5 Å². The fourth-order valence-electron chi connectivity index (χ4n) is 2.32. The van der Waals surface area contributed by atoms with Crippen molar-refractivity contribution in [2.24, 2.45) is 0 Å². The van der Waals surface area contributed by atoms with Crippen LogP contribution in [0.5, 0.6) is 17.2 Å². The molecule has 0 aliphatic carbocycles. The van der Waals surface area contributed by atoms with Gasteiger partial charge in [-0.2, -0.15) is 0 Å². The predicted octanol–water partition coefficient (Wildman–Crippen LogP) is 2.38. The molecule has 0 atom stereocenters. The smallest absolute Gasteiger partial charge is 0.433 e. The SMILES string of the molecule is COc1cc2c(=O)oc(-c3ccc([N+](=O)[O-])o3)nc2c(OC)c1OC. The minimum atomic E-state index is -0.738. The summed E-state index contributed by atoms with van der Waals surface area (Å²) in [6, 6.07) is 3.82. The molecule has 3 rings (SSSR count). The minimum Gasteiger partial charge on any atom is -0.493 e. The van der Waals surface area contributed by atoms with Gasteiger partial charge in [0.1, 0.15) is 10.4 Å². The number of furan rings is 1. The third-order valence-corrected chi connectivity index (χ3v) is 3.41.